The van der Waals surface area contributed by atoms with E-state index in [-0.39, 0.29) is 17.9 Å². The maximum Gasteiger partial charge on any atom is 0.349 e. The molecule has 0 atom stereocenters. The topological polar surface area (TPSA) is 108 Å². The molecule has 0 aromatic carbocycles. The Labute approximate surface area is 168 Å². The fraction of sp³-hybridized carbons (Fsp3) is 0.400. The molecular weight excluding hydrogens is 376 g/mol. The van der Waals surface area contributed by atoms with Crippen molar-refractivity contribution >= 4 is 12.0 Å². The van der Waals surface area contributed by atoms with E-state index < -0.39 is 17.2 Å². The predicted octanol–water partition coefficient (Wildman–Crippen LogP) is 0.799. The van der Waals surface area contributed by atoms with Crippen LogP contribution in [0.4, 0.5) is 0 Å². The monoisotopic (exact) mass is 400 g/mol. The molecular formula is C20H24N4O5. The molecule has 0 saturated heterocycles. The van der Waals surface area contributed by atoms with Gasteiger partial charge in [-0.15, -0.1) is 0 Å². The summed E-state index contributed by atoms with van der Waals surface area (Å²) in [5, 5.41) is 9.39. The lowest BCUT2D eigenvalue weighted by atomic mass is 10.1. The van der Waals surface area contributed by atoms with Crippen LogP contribution in [0.2, 0.25) is 0 Å². The third-order valence-electron chi connectivity index (χ3n) is 4.75. The molecule has 2 rings (SSSR count). The van der Waals surface area contributed by atoms with Crippen molar-refractivity contribution in [1.82, 2.24) is 13.7 Å². The van der Waals surface area contributed by atoms with Gasteiger partial charge >= 0.3 is 11.7 Å². The van der Waals surface area contributed by atoms with Crippen molar-refractivity contribution in [3.8, 4) is 6.07 Å². The van der Waals surface area contributed by atoms with E-state index in [2.05, 4.69) is 0 Å². The molecule has 154 valence electrons. The highest BCUT2D eigenvalue weighted by Crippen LogP contribution is 2.19. The van der Waals surface area contributed by atoms with Gasteiger partial charge in [0.05, 0.1) is 12.3 Å². The van der Waals surface area contributed by atoms with E-state index in [1.807, 2.05) is 30.6 Å². The zero-order valence-corrected chi connectivity index (χ0v) is 17.2. The van der Waals surface area contributed by atoms with E-state index in [9.17, 15) is 19.6 Å². The molecule has 0 aliphatic rings. The molecule has 0 radical (unpaired) electrons. The maximum atomic E-state index is 12.4. The van der Waals surface area contributed by atoms with E-state index in [0.29, 0.717) is 13.2 Å². The Kier molecular flexibility index (Phi) is 6.96. The van der Waals surface area contributed by atoms with Crippen molar-refractivity contribution in [1.29, 1.82) is 5.26 Å². The fourth-order valence-electron chi connectivity index (χ4n) is 2.93. The van der Waals surface area contributed by atoms with Crippen molar-refractivity contribution in [3.05, 3.63) is 61.2 Å². The van der Waals surface area contributed by atoms with E-state index in [4.69, 9.17) is 9.47 Å². The van der Waals surface area contributed by atoms with Gasteiger partial charge < -0.3 is 14.0 Å². The Morgan fingerprint density at radius 3 is 2.52 bits per heavy atom. The first-order chi connectivity index (χ1) is 13.7. The highest BCUT2D eigenvalue weighted by molar-refractivity contribution is 5.98. The van der Waals surface area contributed by atoms with Crippen molar-refractivity contribution < 1.29 is 14.3 Å². The lowest BCUT2D eigenvalue weighted by molar-refractivity contribution is -0.139. The van der Waals surface area contributed by atoms with Crippen LogP contribution in [0.5, 0.6) is 0 Å². The average Bonchev–Trinajstić information content (AvgIpc) is 2.96. The number of hydrogen-bond donors (Lipinski definition) is 0. The fourth-order valence-corrected chi connectivity index (χ4v) is 2.93. The number of hydrogen-bond acceptors (Lipinski definition) is 6. The standard InChI is InChI=1S/C20H24N4O5/c1-13-8-15(14(2)24(13)6-7-28-5)9-16(11-21)19(26)29-12-17-10-18(25)23(4)20(27)22(17)3/h8-10H,6-7,12H2,1-5H3/b16-9+. The number of aromatic nitrogens is 3. The van der Waals surface area contributed by atoms with Crippen LogP contribution in [-0.4, -0.2) is 33.4 Å². The van der Waals surface area contributed by atoms with E-state index in [0.717, 1.165) is 21.5 Å². The van der Waals surface area contributed by atoms with Gasteiger partial charge in [0.25, 0.3) is 5.56 Å². The lowest BCUT2D eigenvalue weighted by Crippen LogP contribution is -2.38. The Morgan fingerprint density at radius 2 is 1.90 bits per heavy atom. The van der Waals surface area contributed by atoms with Gasteiger partial charge in [0.15, 0.2) is 0 Å². The number of esters is 1. The minimum atomic E-state index is -0.831. The number of nitriles is 1. The molecule has 0 amide bonds. The Hall–Kier alpha value is -3.38. The lowest BCUT2D eigenvalue weighted by Gasteiger charge is -2.10. The largest absolute Gasteiger partial charge is 0.455 e. The molecule has 9 nitrogen and oxygen atoms in total. The second-order valence-electron chi connectivity index (χ2n) is 6.59. The van der Waals surface area contributed by atoms with Gasteiger partial charge in [0.2, 0.25) is 0 Å². The number of rotatable bonds is 7. The number of methoxy groups -OCH3 is 1. The summed E-state index contributed by atoms with van der Waals surface area (Å²) in [6, 6.07) is 4.94. The first-order valence-electron chi connectivity index (χ1n) is 8.91. The second-order valence-corrected chi connectivity index (χ2v) is 6.59. The van der Waals surface area contributed by atoms with Crippen molar-refractivity contribution in [3.63, 3.8) is 0 Å². The average molecular weight is 400 g/mol. The third-order valence-corrected chi connectivity index (χ3v) is 4.75. The van der Waals surface area contributed by atoms with Gasteiger partial charge in [0.1, 0.15) is 18.2 Å². The summed E-state index contributed by atoms with van der Waals surface area (Å²) in [7, 11) is 4.46. The molecule has 0 aliphatic heterocycles. The highest BCUT2D eigenvalue weighted by Gasteiger charge is 2.15. The van der Waals surface area contributed by atoms with E-state index >= 15 is 0 Å². The highest BCUT2D eigenvalue weighted by atomic mass is 16.5. The van der Waals surface area contributed by atoms with Crippen LogP contribution in [0.1, 0.15) is 22.6 Å². The number of carbonyl (C=O) groups is 1. The van der Waals surface area contributed by atoms with Crippen molar-refractivity contribution in [2.45, 2.75) is 27.0 Å². The van der Waals surface area contributed by atoms with Gasteiger partial charge in [-0.1, -0.05) is 0 Å². The maximum absolute atomic E-state index is 12.4. The predicted molar refractivity (Wildman–Crippen MR) is 106 cm³/mol. The van der Waals surface area contributed by atoms with Gasteiger partial charge in [0, 0.05) is 45.2 Å². The Morgan fingerprint density at radius 1 is 1.21 bits per heavy atom. The van der Waals surface area contributed by atoms with E-state index in [1.54, 1.807) is 7.11 Å². The number of carbonyl (C=O) groups excluding carboxylic acids is 1. The minimum absolute atomic E-state index is 0.175. The van der Waals surface area contributed by atoms with Gasteiger partial charge in [-0.25, -0.2) is 9.59 Å². The first kappa shape index (κ1) is 21.9. The van der Waals surface area contributed by atoms with Crippen LogP contribution < -0.4 is 11.2 Å². The Balaban J connectivity index is 2.23. The van der Waals surface area contributed by atoms with Crippen LogP contribution in [0, 0.1) is 25.2 Å². The van der Waals surface area contributed by atoms with Gasteiger partial charge in [-0.3, -0.25) is 13.9 Å². The summed E-state index contributed by atoms with van der Waals surface area (Å²) >= 11 is 0. The number of ether oxygens (including phenoxy) is 2. The summed E-state index contributed by atoms with van der Waals surface area (Å²) in [5.41, 5.74) is 1.64. The molecule has 9 heteroatoms. The minimum Gasteiger partial charge on any atom is -0.455 e. The van der Waals surface area contributed by atoms with Crippen molar-refractivity contribution in [2.24, 2.45) is 14.1 Å². The van der Waals surface area contributed by atoms with Crippen LogP contribution in [0.3, 0.4) is 0 Å². The molecule has 2 heterocycles. The molecule has 0 bridgehead atoms. The molecule has 0 aliphatic carbocycles. The number of aryl methyl sites for hydroxylation is 1. The first-order valence-corrected chi connectivity index (χ1v) is 8.91. The van der Waals surface area contributed by atoms with Crippen LogP contribution in [-0.2, 0) is 41.5 Å². The zero-order valence-electron chi connectivity index (χ0n) is 17.2. The normalized spacial score (nSPS) is 11.4. The quantitative estimate of drug-likeness (QED) is 0.386. The SMILES string of the molecule is COCCn1c(C)cc(/C=C(\C#N)C(=O)OCc2cc(=O)n(C)c(=O)n2C)c1C. The second kappa shape index (κ2) is 9.21. The summed E-state index contributed by atoms with van der Waals surface area (Å²) in [4.78, 5) is 36.1. The molecule has 0 N–H and O–H groups in total. The van der Waals surface area contributed by atoms with E-state index in [1.165, 1.54) is 30.8 Å². The zero-order chi connectivity index (χ0) is 21.7. The van der Waals surface area contributed by atoms with Gasteiger partial charge in [-0.05, 0) is 31.6 Å². The summed E-state index contributed by atoms with van der Waals surface area (Å²) < 4.78 is 14.5. The molecule has 0 saturated carbocycles. The molecule has 0 spiro atoms. The van der Waals surface area contributed by atoms with Crippen molar-refractivity contribution in [2.75, 3.05) is 13.7 Å². The van der Waals surface area contributed by atoms with Crippen LogP contribution in [0.15, 0.2) is 27.3 Å². The van der Waals surface area contributed by atoms with Crippen LogP contribution in [0.25, 0.3) is 6.08 Å². The molecule has 2 aromatic heterocycles. The molecule has 0 fully saturated rings. The Bertz CT molecular complexity index is 1110. The summed E-state index contributed by atoms with van der Waals surface area (Å²) in [6.45, 7) is 4.73. The smallest absolute Gasteiger partial charge is 0.349 e. The summed E-state index contributed by atoms with van der Waals surface area (Å²) in [5.74, 6) is -0.831. The number of nitrogens with zero attached hydrogens (tertiary/aromatic N) is 4. The van der Waals surface area contributed by atoms with Gasteiger partial charge in [-0.2, -0.15) is 5.26 Å². The summed E-state index contributed by atoms with van der Waals surface area (Å²) in [6.07, 6.45) is 1.47. The molecule has 29 heavy (non-hydrogen) atoms. The molecule has 2 aromatic rings. The molecule has 0 unspecified atom stereocenters. The third kappa shape index (κ3) is 4.73. The van der Waals surface area contributed by atoms with Crippen LogP contribution >= 0.6 is 0 Å².